The largest absolute Gasteiger partial charge is 0.461 e. The van der Waals surface area contributed by atoms with Crippen LogP contribution >= 0.6 is 0 Å². The van der Waals surface area contributed by atoms with Crippen LogP contribution in [0.1, 0.15) is 17.4 Å². The molecule has 7 nitrogen and oxygen atoms in total. The highest BCUT2D eigenvalue weighted by atomic mass is 16.5. The average Bonchev–Trinajstić information content (AvgIpc) is 3.06. The molecule has 0 unspecified atom stereocenters. The van der Waals surface area contributed by atoms with E-state index in [0.717, 1.165) is 11.3 Å². The molecule has 3 rings (SSSR count). The fourth-order valence-electron chi connectivity index (χ4n) is 1.88. The van der Waals surface area contributed by atoms with Gasteiger partial charge in [-0.2, -0.15) is 4.68 Å². The maximum absolute atomic E-state index is 11.6. The Bertz CT molecular complexity index is 768. The molecule has 0 spiro atoms. The molecule has 22 heavy (non-hydrogen) atoms. The topological polar surface area (TPSA) is 82.8 Å². The number of rotatable bonds is 4. The minimum Gasteiger partial charge on any atom is -0.461 e. The molecule has 7 heteroatoms. The lowest BCUT2D eigenvalue weighted by Crippen LogP contribution is -2.04. The van der Waals surface area contributed by atoms with Crippen LogP contribution in [0.2, 0.25) is 0 Å². The van der Waals surface area contributed by atoms with E-state index in [9.17, 15) is 4.79 Å². The molecule has 0 fully saturated rings. The Balaban J connectivity index is 1.83. The van der Waals surface area contributed by atoms with Gasteiger partial charge in [-0.05, 0) is 19.1 Å². The first-order valence-corrected chi connectivity index (χ1v) is 6.77. The molecule has 0 aliphatic carbocycles. The first kappa shape index (κ1) is 13.9. The van der Waals surface area contributed by atoms with Gasteiger partial charge in [-0.15, -0.1) is 15.3 Å². The van der Waals surface area contributed by atoms with Gasteiger partial charge in [-0.3, -0.25) is 0 Å². The smallest absolute Gasteiger partial charge is 0.360 e. The summed E-state index contributed by atoms with van der Waals surface area (Å²) in [4.78, 5) is 11.6. The van der Waals surface area contributed by atoms with Gasteiger partial charge >= 0.3 is 5.97 Å². The van der Waals surface area contributed by atoms with Crippen molar-refractivity contribution in [3.05, 3.63) is 54.4 Å². The number of carbonyl (C=O) groups is 1. The Kier molecular flexibility index (Phi) is 3.86. The predicted octanol–water partition coefficient (Wildman–Crippen LogP) is 1.90. The normalized spacial score (nSPS) is 10.4. The Morgan fingerprint density at radius 3 is 2.59 bits per heavy atom. The molecule has 110 valence electrons. The Hall–Kier alpha value is -3.09. The summed E-state index contributed by atoms with van der Waals surface area (Å²) in [6.07, 6.45) is 1.46. The molecule has 0 radical (unpaired) electrons. The number of carbonyl (C=O) groups excluding carboxylic acids is 1. The SMILES string of the molecule is CCOC(=O)c1cn(-c2ccc(-c3ccccc3)nn2)nn1. The fourth-order valence-corrected chi connectivity index (χ4v) is 1.88. The Morgan fingerprint density at radius 2 is 1.91 bits per heavy atom. The molecule has 0 saturated heterocycles. The van der Waals surface area contributed by atoms with Crippen molar-refractivity contribution in [1.29, 1.82) is 0 Å². The minimum atomic E-state index is -0.511. The highest BCUT2D eigenvalue weighted by Crippen LogP contribution is 2.15. The van der Waals surface area contributed by atoms with E-state index >= 15 is 0 Å². The van der Waals surface area contributed by atoms with Gasteiger partial charge in [0.05, 0.1) is 18.5 Å². The van der Waals surface area contributed by atoms with E-state index in [-0.39, 0.29) is 12.3 Å². The van der Waals surface area contributed by atoms with Crippen LogP contribution < -0.4 is 0 Å². The van der Waals surface area contributed by atoms with Crippen LogP contribution in [-0.4, -0.2) is 37.8 Å². The third kappa shape index (κ3) is 2.83. The molecule has 2 heterocycles. The van der Waals surface area contributed by atoms with Gasteiger partial charge in [-0.25, -0.2) is 4.79 Å². The van der Waals surface area contributed by atoms with E-state index in [1.807, 2.05) is 36.4 Å². The summed E-state index contributed by atoms with van der Waals surface area (Å²) in [6.45, 7) is 2.02. The molecule has 0 bridgehead atoms. The molecular weight excluding hydrogens is 282 g/mol. The van der Waals surface area contributed by atoms with Crippen LogP contribution in [0.3, 0.4) is 0 Å². The summed E-state index contributed by atoms with van der Waals surface area (Å²) >= 11 is 0. The predicted molar refractivity (Wildman–Crippen MR) is 78.3 cm³/mol. The van der Waals surface area contributed by atoms with E-state index in [2.05, 4.69) is 20.5 Å². The Morgan fingerprint density at radius 1 is 1.09 bits per heavy atom. The lowest BCUT2D eigenvalue weighted by atomic mass is 10.1. The van der Waals surface area contributed by atoms with Crippen LogP contribution in [0.25, 0.3) is 17.1 Å². The number of benzene rings is 1. The highest BCUT2D eigenvalue weighted by Gasteiger charge is 2.13. The molecule has 0 N–H and O–H groups in total. The zero-order chi connectivity index (χ0) is 15.4. The van der Waals surface area contributed by atoms with Gasteiger partial charge < -0.3 is 4.74 Å². The van der Waals surface area contributed by atoms with Crippen LogP contribution in [0, 0.1) is 0 Å². The molecule has 3 aromatic rings. The number of ether oxygens (including phenoxy) is 1. The van der Waals surface area contributed by atoms with E-state index in [0.29, 0.717) is 5.82 Å². The fraction of sp³-hybridized carbons (Fsp3) is 0.133. The van der Waals surface area contributed by atoms with Crippen molar-refractivity contribution in [2.75, 3.05) is 6.61 Å². The number of aromatic nitrogens is 5. The second kappa shape index (κ2) is 6.13. The van der Waals surface area contributed by atoms with Gasteiger partial charge in [0, 0.05) is 5.56 Å². The van der Waals surface area contributed by atoms with Crippen molar-refractivity contribution >= 4 is 5.97 Å². The Labute approximate surface area is 126 Å². The molecule has 0 atom stereocenters. The summed E-state index contributed by atoms with van der Waals surface area (Å²) in [5.74, 6) is -0.0367. The van der Waals surface area contributed by atoms with Gasteiger partial charge in [0.1, 0.15) is 0 Å². The van der Waals surface area contributed by atoms with Gasteiger partial charge in [0.15, 0.2) is 11.5 Å². The van der Waals surface area contributed by atoms with Crippen molar-refractivity contribution < 1.29 is 9.53 Å². The third-order valence-electron chi connectivity index (χ3n) is 2.93. The highest BCUT2D eigenvalue weighted by molar-refractivity contribution is 5.86. The van der Waals surface area contributed by atoms with Gasteiger partial charge in [0.2, 0.25) is 0 Å². The van der Waals surface area contributed by atoms with Crippen LogP contribution in [0.15, 0.2) is 48.7 Å². The summed E-state index contributed by atoms with van der Waals surface area (Å²) in [5.41, 5.74) is 1.87. The zero-order valence-corrected chi connectivity index (χ0v) is 11.9. The first-order valence-electron chi connectivity index (χ1n) is 6.77. The molecule has 0 aliphatic rings. The standard InChI is InChI=1S/C15H13N5O2/c1-2-22-15(21)13-10-20(19-17-13)14-9-8-12(16-18-14)11-6-4-3-5-7-11/h3-10H,2H2,1H3. The van der Waals surface area contributed by atoms with E-state index in [4.69, 9.17) is 4.74 Å². The van der Waals surface area contributed by atoms with Crippen molar-refractivity contribution in [2.45, 2.75) is 6.92 Å². The molecule has 0 amide bonds. The van der Waals surface area contributed by atoms with Crippen molar-refractivity contribution in [3.8, 4) is 17.1 Å². The van der Waals surface area contributed by atoms with Gasteiger partial charge in [0.25, 0.3) is 0 Å². The van der Waals surface area contributed by atoms with Crippen molar-refractivity contribution in [1.82, 2.24) is 25.2 Å². The quantitative estimate of drug-likeness (QED) is 0.684. The molecular formula is C15H13N5O2. The average molecular weight is 295 g/mol. The van der Waals surface area contributed by atoms with E-state index in [1.54, 1.807) is 13.0 Å². The third-order valence-corrected chi connectivity index (χ3v) is 2.93. The molecule has 1 aromatic carbocycles. The molecule has 0 aliphatic heterocycles. The van der Waals surface area contributed by atoms with Crippen LogP contribution in [0.5, 0.6) is 0 Å². The number of esters is 1. The lowest BCUT2D eigenvalue weighted by molar-refractivity contribution is 0.0519. The summed E-state index contributed by atoms with van der Waals surface area (Å²) in [7, 11) is 0. The van der Waals surface area contributed by atoms with Crippen molar-refractivity contribution in [3.63, 3.8) is 0 Å². The van der Waals surface area contributed by atoms with Crippen LogP contribution in [0.4, 0.5) is 0 Å². The van der Waals surface area contributed by atoms with E-state index in [1.165, 1.54) is 10.9 Å². The lowest BCUT2D eigenvalue weighted by Gasteiger charge is -2.01. The second-order valence-electron chi connectivity index (χ2n) is 4.41. The summed E-state index contributed by atoms with van der Waals surface area (Å²) < 4.78 is 6.25. The van der Waals surface area contributed by atoms with E-state index < -0.39 is 5.97 Å². The number of nitrogens with zero attached hydrogens (tertiary/aromatic N) is 5. The molecule has 2 aromatic heterocycles. The zero-order valence-electron chi connectivity index (χ0n) is 11.9. The van der Waals surface area contributed by atoms with Crippen LogP contribution in [-0.2, 0) is 4.74 Å². The molecule has 0 saturated carbocycles. The maximum Gasteiger partial charge on any atom is 0.360 e. The minimum absolute atomic E-state index is 0.135. The number of hydrogen-bond acceptors (Lipinski definition) is 6. The maximum atomic E-state index is 11.6. The summed E-state index contributed by atoms with van der Waals surface area (Å²) in [5, 5.41) is 15.9. The second-order valence-corrected chi connectivity index (χ2v) is 4.41. The van der Waals surface area contributed by atoms with Gasteiger partial charge in [-0.1, -0.05) is 35.5 Å². The monoisotopic (exact) mass is 295 g/mol. The summed E-state index contributed by atoms with van der Waals surface area (Å²) in [6, 6.07) is 13.3. The van der Waals surface area contributed by atoms with Crippen molar-refractivity contribution in [2.24, 2.45) is 0 Å². The number of hydrogen-bond donors (Lipinski definition) is 0. The first-order chi connectivity index (χ1) is 10.8.